The molecular weight excluding hydrogens is 390 g/mol. The maximum atomic E-state index is 7.50. The number of hydrogen-bond acceptors (Lipinski definition) is 0. The van der Waals surface area contributed by atoms with E-state index in [-0.39, 0.29) is 20.4 Å². The third kappa shape index (κ3) is 7.32. The molecule has 0 atom stereocenters. The second-order valence-corrected chi connectivity index (χ2v) is 3.34. The van der Waals surface area contributed by atoms with Crippen molar-refractivity contribution in [2.45, 2.75) is 34.6 Å². The van der Waals surface area contributed by atoms with Gasteiger partial charge in [0, 0.05) is 20.4 Å². The Balaban J connectivity index is -0.000000106. The molecule has 0 N–H and O–H groups in total. The average Bonchev–Trinajstić information content (AvgIpc) is 2.55. The molecule has 0 saturated carbocycles. The van der Waals surface area contributed by atoms with Crippen molar-refractivity contribution in [1.82, 2.24) is 0 Å². The van der Waals surface area contributed by atoms with Crippen molar-refractivity contribution in [1.29, 1.82) is 0 Å². The van der Waals surface area contributed by atoms with Crippen LogP contribution in [0.15, 0.2) is 22.3 Å². The van der Waals surface area contributed by atoms with Gasteiger partial charge in [-0.3, -0.25) is 0 Å². The first-order chi connectivity index (χ1) is 7.55. The van der Waals surface area contributed by atoms with Crippen LogP contribution in [0.2, 0.25) is 0 Å². The smallest absolute Gasteiger partial charge is 0 e. The summed E-state index contributed by atoms with van der Waals surface area (Å²) < 4.78 is 22.5. The summed E-state index contributed by atoms with van der Waals surface area (Å²) in [6, 6.07) is 0. The summed E-state index contributed by atoms with van der Waals surface area (Å²) in [5.74, 6) is 0.694. The van der Waals surface area contributed by atoms with Crippen LogP contribution in [0.4, 0.5) is 0 Å². The molecule has 0 amide bonds. The normalized spacial score (nSPS) is 12.9. The molecule has 0 saturated heterocycles. The van der Waals surface area contributed by atoms with Gasteiger partial charge in [0.2, 0.25) is 0 Å². The van der Waals surface area contributed by atoms with E-state index in [1.807, 2.05) is 0 Å². The van der Waals surface area contributed by atoms with Crippen molar-refractivity contribution < 1.29 is 34.4 Å². The first-order valence-corrected chi connectivity index (χ1v) is 4.52. The molecule has 17 heavy (non-hydrogen) atoms. The summed E-state index contributed by atoms with van der Waals surface area (Å²) in [6.07, 6.45) is 0. The fourth-order valence-electron chi connectivity index (χ4n) is 1.57. The zero-order chi connectivity index (χ0) is 13.9. The number of allylic oxidation sites excluding steroid dienone is 4. The third-order valence-electron chi connectivity index (χ3n) is 3.04. The molecule has 0 aliphatic heterocycles. The molecule has 0 spiro atoms. The van der Waals surface area contributed by atoms with Crippen LogP contribution < -0.4 is 0 Å². The Kier molecular flexibility index (Phi) is 22.8. The fraction of sp³-hybridized carbons (Fsp3) is 0.462. The van der Waals surface area contributed by atoms with Crippen molar-refractivity contribution in [3.8, 4) is 0 Å². The quantitative estimate of drug-likeness (QED) is 0.438. The van der Waals surface area contributed by atoms with Gasteiger partial charge in [-0.15, -0.1) is 0 Å². The molecule has 4 heteroatoms. The molecule has 0 heterocycles. The van der Waals surface area contributed by atoms with E-state index in [1.165, 1.54) is 11.1 Å². The van der Waals surface area contributed by atoms with Gasteiger partial charge in [-0.25, -0.2) is 0 Å². The standard InChI is InChI=1S/C10H16.3CO.Re/c1-6-7(2)9(4)10(5)8(6)3;3*1-2;/h6H,1-5H3;;;;. The van der Waals surface area contributed by atoms with E-state index in [2.05, 4.69) is 54.6 Å². The molecule has 0 bridgehead atoms. The Morgan fingerprint density at radius 3 is 0.941 bits per heavy atom. The van der Waals surface area contributed by atoms with E-state index >= 15 is 0 Å². The van der Waals surface area contributed by atoms with Gasteiger partial charge in [0.1, 0.15) is 0 Å². The summed E-state index contributed by atoms with van der Waals surface area (Å²) in [7, 11) is 0. The minimum absolute atomic E-state index is 0. The van der Waals surface area contributed by atoms with E-state index in [4.69, 9.17) is 14.0 Å². The molecule has 0 fully saturated rings. The molecular formula is C13H16O3Re. The third-order valence-corrected chi connectivity index (χ3v) is 3.04. The average molecular weight is 406 g/mol. The topological polar surface area (TPSA) is 59.7 Å². The zero-order valence-electron chi connectivity index (χ0n) is 10.7. The van der Waals surface area contributed by atoms with Crippen molar-refractivity contribution in [3.63, 3.8) is 0 Å². The monoisotopic (exact) mass is 407 g/mol. The van der Waals surface area contributed by atoms with Gasteiger partial charge >= 0.3 is 33.9 Å². The Labute approximate surface area is 117 Å². The Morgan fingerprint density at radius 2 is 0.882 bits per heavy atom. The van der Waals surface area contributed by atoms with Gasteiger partial charge in [-0.05, 0) is 44.8 Å². The summed E-state index contributed by atoms with van der Waals surface area (Å²) in [6.45, 7) is 24.7. The van der Waals surface area contributed by atoms with E-state index in [0.717, 1.165) is 0 Å². The molecule has 1 rings (SSSR count). The van der Waals surface area contributed by atoms with Crippen LogP contribution in [0, 0.1) is 25.9 Å². The van der Waals surface area contributed by atoms with E-state index in [1.54, 1.807) is 11.1 Å². The van der Waals surface area contributed by atoms with Crippen molar-refractivity contribution in [3.05, 3.63) is 42.2 Å². The van der Waals surface area contributed by atoms with Gasteiger partial charge in [0.25, 0.3) is 0 Å². The molecule has 0 aromatic carbocycles. The van der Waals surface area contributed by atoms with Crippen LogP contribution in [0.25, 0.3) is 0 Å². The number of hydrogen-bond donors (Lipinski definition) is 0. The van der Waals surface area contributed by atoms with Gasteiger partial charge in [-0.1, -0.05) is 18.1 Å². The molecule has 1 aliphatic carbocycles. The van der Waals surface area contributed by atoms with Crippen molar-refractivity contribution in [2.24, 2.45) is 5.92 Å². The van der Waals surface area contributed by atoms with Gasteiger partial charge in [-0.2, -0.15) is 0 Å². The van der Waals surface area contributed by atoms with Crippen LogP contribution in [-0.4, -0.2) is 0 Å². The van der Waals surface area contributed by atoms with Crippen LogP contribution >= 0.6 is 0 Å². The van der Waals surface area contributed by atoms with Crippen LogP contribution in [0.3, 0.4) is 0 Å². The fourth-order valence-corrected chi connectivity index (χ4v) is 1.57. The largest absolute Gasteiger partial charge is 0 e. The second-order valence-electron chi connectivity index (χ2n) is 3.34. The second kappa shape index (κ2) is 15.4. The summed E-state index contributed by atoms with van der Waals surface area (Å²) in [4.78, 5) is 0. The van der Waals surface area contributed by atoms with Crippen LogP contribution in [0.5, 0.6) is 0 Å². The molecule has 0 unspecified atom stereocenters. The minimum Gasteiger partial charge on any atom is 0 e. The molecule has 1 aliphatic rings. The zero-order valence-corrected chi connectivity index (χ0v) is 13.4. The molecule has 0 aromatic rings. The first-order valence-electron chi connectivity index (χ1n) is 4.52. The summed E-state index contributed by atoms with van der Waals surface area (Å²) >= 11 is 0. The minimum atomic E-state index is 0. The van der Waals surface area contributed by atoms with Gasteiger partial charge < -0.3 is 0 Å². The van der Waals surface area contributed by atoms with Gasteiger partial charge in [0.05, 0.1) is 0 Å². The maximum Gasteiger partial charge on any atom is 0 e. The molecule has 1 radical (unpaired) electrons. The van der Waals surface area contributed by atoms with E-state index in [0.29, 0.717) is 5.92 Å². The molecule has 93 valence electrons. The summed E-state index contributed by atoms with van der Waals surface area (Å²) in [5.41, 5.74) is 6.11. The van der Waals surface area contributed by atoms with Crippen molar-refractivity contribution in [2.75, 3.05) is 0 Å². The Morgan fingerprint density at radius 1 is 0.706 bits per heavy atom. The van der Waals surface area contributed by atoms with Gasteiger partial charge in [0.15, 0.2) is 0 Å². The van der Waals surface area contributed by atoms with Crippen LogP contribution in [0.1, 0.15) is 34.6 Å². The predicted octanol–water partition coefficient (Wildman–Crippen LogP) is 3.19. The molecule has 3 nitrogen and oxygen atoms in total. The SMILES string of the molecule is CC1=C(C)C(C)C(C)=C1C.[C-]#[O+].[C-]#[O+].[C-]#[O+].[Re]. The predicted molar refractivity (Wildman–Crippen MR) is 57.7 cm³/mol. The number of rotatable bonds is 0. The maximum absolute atomic E-state index is 7.50. The van der Waals surface area contributed by atoms with E-state index in [9.17, 15) is 0 Å². The van der Waals surface area contributed by atoms with E-state index < -0.39 is 0 Å². The molecule has 0 aromatic heterocycles. The Bertz CT molecular complexity index is 294. The van der Waals surface area contributed by atoms with Crippen LogP contribution in [-0.2, 0) is 34.4 Å². The first kappa shape index (κ1) is 25.3. The summed E-state index contributed by atoms with van der Waals surface area (Å²) in [5, 5.41) is 0. The van der Waals surface area contributed by atoms with Crippen molar-refractivity contribution >= 4 is 0 Å². The Hall–Kier alpha value is -0.638.